The molecular weight excluding hydrogens is 314 g/mol. The van der Waals surface area contributed by atoms with Crippen molar-refractivity contribution in [1.29, 1.82) is 0 Å². The van der Waals surface area contributed by atoms with Gasteiger partial charge in [-0.25, -0.2) is 4.79 Å². The first-order chi connectivity index (χ1) is 11.2. The van der Waals surface area contributed by atoms with Crippen LogP contribution in [0.25, 0.3) is 0 Å². The van der Waals surface area contributed by atoms with Gasteiger partial charge in [-0.2, -0.15) is 0 Å². The number of amides is 1. The molecule has 2 rings (SSSR count). The van der Waals surface area contributed by atoms with Crippen LogP contribution in [0.3, 0.4) is 0 Å². The second kappa shape index (κ2) is 6.94. The van der Waals surface area contributed by atoms with Crippen molar-refractivity contribution < 1.29 is 19.6 Å². The van der Waals surface area contributed by atoms with Crippen LogP contribution < -0.4 is 4.90 Å². The lowest BCUT2D eigenvalue weighted by atomic mass is 10.2. The highest BCUT2D eigenvalue weighted by atomic mass is 16.6. The molecule has 0 spiro atoms. The van der Waals surface area contributed by atoms with Crippen molar-refractivity contribution in [3.63, 3.8) is 0 Å². The number of nitro benzene ring substituents is 1. The number of ether oxygens (including phenoxy) is 1. The van der Waals surface area contributed by atoms with Crippen LogP contribution >= 0.6 is 0 Å². The number of phenolic OH excluding ortho intramolecular Hbond substituents is 1. The molecule has 1 aliphatic rings. The molecule has 0 aliphatic carbocycles. The van der Waals surface area contributed by atoms with Crippen molar-refractivity contribution in [3.8, 4) is 5.75 Å². The number of nitro groups is 1. The van der Waals surface area contributed by atoms with Crippen LogP contribution in [0.4, 0.5) is 16.2 Å². The molecule has 1 fully saturated rings. The minimum atomic E-state index is -0.619. The van der Waals surface area contributed by atoms with Gasteiger partial charge in [0.05, 0.1) is 4.92 Å². The Hall–Kier alpha value is -2.51. The van der Waals surface area contributed by atoms with Gasteiger partial charge in [-0.15, -0.1) is 0 Å². The number of rotatable bonds is 2. The average Bonchev–Trinajstić information content (AvgIpc) is 2.70. The van der Waals surface area contributed by atoms with Crippen LogP contribution in [0, 0.1) is 10.1 Å². The van der Waals surface area contributed by atoms with Crippen LogP contribution in [0.1, 0.15) is 27.2 Å². The van der Waals surface area contributed by atoms with E-state index in [1.165, 1.54) is 12.1 Å². The summed E-state index contributed by atoms with van der Waals surface area (Å²) in [4.78, 5) is 26.0. The SMILES string of the molecule is CC(C)(C)OC(=O)N1CCCN(c2ccc([N+](=O)[O-])c(O)c2)CC1. The summed E-state index contributed by atoms with van der Waals surface area (Å²) in [6, 6.07) is 4.30. The van der Waals surface area contributed by atoms with Gasteiger partial charge in [0.1, 0.15) is 5.60 Å². The number of hydrogen-bond acceptors (Lipinski definition) is 6. The monoisotopic (exact) mass is 337 g/mol. The fourth-order valence-corrected chi connectivity index (χ4v) is 2.55. The minimum absolute atomic E-state index is 0.316. The fraction of sp³-hybridized carbons (Fsp3) is 0.562. The molecule has 1 aliphatic heterocycles. The third-order valence-corrected chi connectivity index (χ3v) is 3.67. The van der Waals surface area contributed by atoms with Crippen molar-refractivity contribution in [2.24, 2.45) is 0 Å². The molecule has 0 bridgehead atoms. The standard InChI is InChI=1S/C16H23N3O5/c1-16(2,3)24-15(21)18-8-4-7-17(9-10-18)12-5-6-13(19(22)23)14(20)11-12/h5-6,11,20H,4,7-10H2,1-3H3. The Balaban J connectivity index is 2.04. The third-order valence-electron chi connectivity index (χ3n) is 3.67. The second-order valence-corrected chi connectivity index (χ2v) is 6.74. The highest BCUT2D eigenvalue weighted by Crippen LogP contribution is 2.30. The predicted molar refractivity (Wildman–Crippen MR) is 89.4 cm³/mol. The molecule has 1 aromatic carbocycles. The summed E-state index contributed by atoms with van der Waals surface area (Å²) in [7, 11) is 0. The van der Waals surface area contributed by atoms with E-state index < -0.39 is 10.5 Å². The molecule has 0 atom stereocenters. The first-order valence-corrected chi connectivity index (χ1v) is 7.87. The van der Waals surface area contributed by atoms with Crippen LogP contribution in [0.2, 0.25) is 0 Å². The summed E-state index contributed by atoms with van der Waals surface area (Å²) in [6.45, 7) is 7.82. The van der Waals surface area contributed by atoms with E-state index in [4.69, 9.17) is 4.74 Å². The van der Waals surface area contributed by atoms with E-state index in [-0.39, 0.29) is 17.5 Å². The number of nitrogens with zero attached hydrogens (tertiary/aromatic N) is 3. The van der Waals surface area contributed by atoms with Gasteiger partial charge >= 0.3 is 11.8 Å². The van der Waals surface area contributed by atoms with E-state index in [0.29, 0.717) is 31.9 Å². The molecule has 0 radical (unpaired) electrons. The van der Waals surface area contributed by atoms with E-state index in [1.807, 2.05) is 25.7 Å². The molecule has 8 nitrogen and oxygen atoms in total. The van der Waals surface area contributed by atoms with Crippen molar-refractivity contribution >= 4 is 17.5 Å². The quantitative estimate of drug-likeness (QED) is 0.658. The highest BCUT2D eigenvalue weighted by Gasteiger charge is 2.25. The first-order valence-electron chi connectivity index (χ1n) is 7.87. The Kier molecular flexibility index (Phi) is 5.16. The maximum Gasteiger partial charge on any atom is 0.410 e. The number of hydrogen-bond donors (Lipinski definition) is 1. The second-order valence-electron chi connectivity index (χ2n) is 6.74. The number of carbonyl (C=O) groups excluding carboxylic acids is 1. The van der Waals surface area contributed by atoms with E-state index in [0.717, 1.165) is 6.42 Å². The summed E-state index contributed by atoms with van der Waals surface area (Å²) >= 11 is 0. The molecule has 0 aromatic heterocycles. The number of phenols is 1. The Morgan fingerprint density at radius 1 is 1.25 bits per heavy atom. The Morgan fingerprint density at radius 2 is 1.96 bits per heavy atom. The molecule has 0 unspecified atom stereocenters. The van der Waals surface area contributed by atoms with Crippen LogP contribution in [0.15, 0.2) is 18.2 Å². The summed E-state index contributed by atoms with van der Waals surface area (Å²) < 4.78 is 5.39. The van der Waals surface area contributed by atoms with E-state index in [9.17, 15) is 20.0 Å². The number of carbonyl (C=O) groups is 1. The normalized spacial score (nSPS) is 15.8. The molecule has 1 saturated heterocycles. The molecular formula is C16H23N3O5. The molecule has 1 heterocycles. The number of anilines is 1. The van der Waals surface area contributed by atoms with Gasteiger partial charge in [-0.1, -0.05) is 0 Å². The Labute approximate surface area is 140 Å². The van der Waals surface area contributed by atoms with Gasteiger partial charge in [-0.05, 0) is 33.3 Å². The zero-order valence-electron chi connectivity index (χ0n) is 14.2. The van der Waals surface area contributed by atoms with Gasteiger partial charge < -0.3 is 19.6 Å². The summed E-state index contributed by atoms with van der Waals surface area (Å²) in [5.41, 5.74) is -0.152. The zero-order chi connectivity index (χ0) is 17.9. The van der Waals surface area contributed by atoms with Crippen LogP contribution in [-0.4, -0.2) is 52.8 Å². The minimum Gasteiger partial charge on any atom is -0.502 e. The van der Waals surface area contributed by atoms with Crippen molar-refractivity contribution in [3.05, 3.63) is 28.3 Å². The van der Waals surface area contributed by atoms with Crippen molar-refractivity contribution in [1.82, 2.24) is 4.90 Å². The lowest BCUT2D eigenvalue weighted by Crippen LogP contribution is -2.39. The summed E-state index contributed by atoms with van der Waals surface area (Å²) in [5.74, 6) is -0.356. The fourth-order valence-electron chi connectivity index (χ4n) is 2.55. The molecule has 1 N–H and O–H groups in total. The molecule has 8 heteroatoms. The maximum atomic E-state index is 12.2. The number of benzene rings is 1. The predicted octanol–water partition coefficient (Wildman–Crippen LogP) is 2.75. The Bertz CT molecular complexity index is 627. The van der Waals surface area contributed by atoms with Crippen molar-refractivity contribution in [2.75, 3.05) is 31.1 Å². The molecule has 0 saturated carbocycles. The van der Waals surface area contributed by atoms with Gasteiger partial charge in [-0.3, -0.25) is 10.1 Å². The van der Waals surface area contributed by atoms with Crippen LogP contribution in [0.5, 0.6) is 5.75 Å². The third kappa shape index (κ3) is 4.50. The number of aromatic hydroxyl groups is 1. The molecule has 132 valence electrons. The van der Waals surface area contributed by atoms with Crippen molar-refractivity contribution in [2.45, 2.75) is 32.8 Å². The molecule has 1 aromatic rings. The topological polar surface area (TPSA) is 96.2 Å². The summed E-state index contributed by atoms with van der Waals surface area (Å²) in [5, 5.41) is 20.5. The Morgan fingerprint density at radius 3 is 2.54 bits per heavy atom. The first kappa shape index (κ1) is 17.8. The zero-order valence-corrected chi connectivity index (χ0v) is 14.2. The van der Waals surface area contributed by atoms with E-state index in [2.05, 4.69) is 0 Å². The van der Waals surface area contributed by atoms with Crippen LogP contribution in [-0.2, 0) is 4.74 Å². The van der Waals surface area contributed by atoms with Gasteiger partial charge in [0.25, 0.3) is 0 Å². The van der Waals surface area contributed by atoms with Gasteiger partial charge in [0, 0.05) is 44.0 Å². The highest BCUT2D eigenvalue weighted by molar-refractivity contribution is 5.68. The van der Waals surface area contributed by atoms with Gasteiger partial charge in [0.15, 0.2) is 5.75 Å². The lowest BCUT2D eigenvalue weighted by molar-refractivity contribution is -0.385. The largest absolute Gasteiger partial charge is 0.502 e. The van der Waals surface area contributed by atoms with Gasteiger partial charge in [0.2, 0.25) is 0 Å². The maximum absolute atomic E-state index is 12.2. The summed E-state index contributed by atoms with van der Waals surface area (Å²) in [6.07, 6.45) is 0.410. The smallest absolute Gasteiger partial charge is 0.410 e. The average molecular weight is 337 g/mol. The lowest BCUT2D eigenvalue weighted by Gasteiger charge is -2.27. The van der Waals surface area contributed by atoms with E-state index >= 15 is 0 Å². The van der Waals surface area contributed by atoms with E-state index in [1.54, 1.807) is 11.0 Å². The molecule has 24 heavy (non-hydrogen) atoms. The molecule has 1 amide bonds.